The van der Waals surface area contributed by atoms with Crippen molar-refractivity contribution >= 4 is 5.91 Å². The van der Waals surface area contributed by atoms with E-state index in [4.69, 9.17) is 15.7 Å². The Kier molecular flexibility index (Phi) is 3.39. The van der Waals surface area contributed by atoms with Crippen molar-refractivity contribution in [2.75, 3.05) is 0 Å². The van der Waals surface area contributed by atoms with Crippen LogP contribution in [0.4, 0.5) is 4.39 Å². The van der Waals surface area contributed by atoms with Crippen LogP contribution >= 0.6 is 0 Å². The van der Waals surface area contributed by atoms with E-state index >= 15 is 0 Å². The third-order valence-corrected chi connectivity index (χ3v) is 2.27. The Bertz CT molecular complexity index is 663. The number of ether oxygens (including phenoxy) is 1. The van der Waals surface area contributed by atoms with Gasteiger partial charge in [0.05, 0.1) is 5.56 Å². The number of halogens is 1. The van der Waals surface area contributed by atoms with E-state index in [2.05, 4.69) is 4.98 Å². The number of pyridine rings is 1. The quantitative estimate of drug-likeness (QED) is 0.910. The molecule has 1 amide bonds. The van der Waals surface area contributed by atoms with Gasteiger partial charge in [-0.3, -0.25) is 4.79 Å². The molecular formula is C13H8FN3O2. The summed E-state index contributed by atoms with van der Waals surface area (Å²) in [5.41, 5.74) is 5.37. The van der Waals surface area contributed by atoms with Crippen LogP contribution in [-0.4, -0.2) is 10.9 Å². The van der Waals surface area contributed by atoms with E-state index in [0.717, 1.165) is 0 Å². The smallest absolute Gasteiger partial charge is 0.254 e. The number of benzene rings is 1. The van der Waals surface area contributed by atoms with E-state index in [1.165, 1.54) is 36.5 Å². The highest BCUT2D eigenvalue weighted by Crippen LogP contribution is 2.23. The first-order chi connectivity index (χ1) is 9.10. The van der Waals surface area contributed by atoms with Gasteiger partial charge >= 0.3 is 0 Å². The van der Waals surface area contributed by atoms with Gasteiger partial charge in [-0.25, -0.2) is 9.37 Å². The highest BCUT2D eigenvalue weighted by Gasteiger charge is 2.13. The summed E-state index contributed by atoms with van der Waals surface area (Å²) in [6, 6.07) is 8.33. The normalized spacial score (nSPS) is 9.68. The predicted molar refractivity (Wildman–Crippen MR) is 63.9 cm³/mol. The number of aromatic nitrogens is 1. The number of rotatable bonds is 3. The Balaban J connectivity index is 2.37. The zero-order valence-electron chi connectivity index (χ0n) is 9.63. The number of carbonyl (C=O) groups excluding carboxylic acids is 1. The van der Waals surface area contributed by atoms with E-state index < -0.39 is 11.7 Å². The molecule has 0 fully saturated rings. The van der Waals surface area contributed by atoms with E-state index in [9.17, 15) is 9.18 Å². The first kappa shape index (κ1) is 12.5. The molecule has 0 bridgehead atoms. The number of primary amides is 1. The van der Waals surface area contributed by atoms with Crippen LogP contribution in [0.2, 0.25) is 0 Å². The van der Waals surface area contributed by atoms with Crippen LogP contribution in [0.25, 0.3) is 0 Å². The first-order valence-corrected chi connectivity index (χ1v) is 5.23. The van der Waals surface area contributed by atoms with E-state index in [1.54, 1.807) is 0 Å². The third kappa shape index (κ3) is 2.84. The minimum absolute atomic E-state index is 0.0108. The molecule has 2 rings (SSSR count). The van der Waals surface area contributed by atoms with Crippen molar-refractivity contribution in [2.45, 2.75) is 0 Å². The molecule has 0 spiro atoms. The summed E-state index contributed by atoms with van der Waals surface area (Å²) >= 11 is 0. The van der Waals surface area contributed by atoms with Crippen LogP contribution in [0.1, 0.15) is 15.9 Å². The van der Waals surface area contributed by atoms with Crippen LogP contribution < -0.4 is 10.5 Å². The molecule has 19 heavy (non-hydrogen) atoms. The molecule has 0 aliphatic carbocycles. The van der Waals surface area contributed by atoms with Crippen molar-refractivity contribution in [1.82, 2.24) is 4.98 Å². The van der Waals surface area contributed by atoms with Gasteiger partial charge in [0.15, 0.2) is 0 Å². The summed E-state index contributed by atoms with van der Waals surface area (Å²) in [5, 5.41) is 8.73. The molecule has 0 aliphatic rings. The first-order valence-electron chi connectivity index (χ1n) is 5.23. The van der Waals surface area contributed by atoms with Gasteiger partial charge in [0, 0.05) is 6.20 Å². The van der Waals surface area contributed by atoms with E-state index in [0.29, 0.717) is 5.75 Å². The second kappa shape index (κ2) is 5.14. The van der Waals surface area contributed by atoms with Crippen molar-refractivity contribution in [3.8, 4) is 17.7 Å². The van der Waals surface area contributed by atoms with Crippen LogP contribution in [0.3, 0.4) is 0 Å². The monoisotopic (exact) mass is 257 g/mol. The maximum Gasteiger partial charge on any atom is 0.254 e. The molecule has 2 N–H and O–H groups in total. The highest BCUT2D eigenvalue weighted by molar-refractivity contribution is 5.95. The predicted octanol–water partition coefficient (Wildman–Crippen LogP) is 1.98. The second-order valence-electron chi connectivity index (χ2n) is 3.61. The van der Waals surface area contributed by atoms with E-state index in [1.807, 2.05) is 6.07 Å². The minimum Gasteiger partial charge on any atom is -0.438 e. The summed E-state index contributed by atoms with van der Waals surface area (Å²) in [6.45, 7) is 0. The van der Waals surface area contributed by atoms with Gasteiger partial charge in [-0.15, -0.1) is 0 Å². The molecule has 5 nitrogen and oxygen atoms in total. The van der Waals surface area contributed by atoms with E-state index in [-0.39, 0.29) is 17.0 Å². The molecular weight excluding hydrogens is 249 g/mol. The van der Waals surface area contributed by atoms with Crippen LogP contribution in [0.15, 0.2) is 36.5 Å². The molecule has 6 heteroatoms. The molecule has 2 aromatic rings. The Hall–Kier alpha value is -2.94. The van der Waals surface area contributed by atoms with Gasteiger partial charge in [0.25, 0.3) is 5.91 Å². The van der Waals surface area contributed by atoms with Gasteiger partial charge in [0.2, 0.25) is 5.88 Å². The van der Waals surface area contributed by atoms with Crippen molar-refractivity contribution < 1.29 is 13.9 Å². The summed E-state index contributed by atoms with van der Waals surface area (Å²) in [7, 11) is 0. The molecule has 0 saturated heterocycles. The van der Waals surface area contributed by atoms with Gasteiger partial charge in [-0.1, -0.05) is 0 Å². The van der Waals surface area contributed by atoms with Gasteiger partial charge in [-0.2, -0.15) is 5.26 Å². The minimum atomic E-state index is -0.762. The summed E-state index contributed by atoms with van der Waals surface area (Å²) < 4.78 is 18.1. The van der Waals surface area contributed by atoms with Crippen LogP contribution in [0, 0.1) is 17.1 Å². The van der Waals surface area contributed by atoms with Crippen LogP contribution in [-0.2, 0) is 0 Å². The fourth-order valence-corrected chi connectivity index (χ4v) is 1.39. The Morgan fingerprint density at radius 1 is 1.37 bits per heavy atom. The van der Waals surface area contributed by atoms with Crippen LogP contribution in [0.5, 0.6) is 11.6 Å². The Morgan fingerprint density at radius 3 is 2.63 bits per heavy atom. The number of nitrogens with zero attached hydrogens (tertiary/aromatic N) is 2. The van der Waals surface area contributed by atoms with Crippen molar-refractivity contribution in [2.24, 2.45) is 5.73 Å². The third-order valence-electron chi connectivity index (χ3n) is 2.27. The SMILES string of the molecule is N#Cc1cnc(Oc2ccc(F)cc2)c(C(N)=O)c1. The average Bonchev–Trinajstić information content (AvgIpc) is 2.41. The number of hydrogen-bond acceptors (Lipinski definition) is 4. The lowest BCUT2D eigenvalue weighted by molar-refractivity contribution is 0.0997. The topological polar surface area (TPSA) is 89.0 Å². The van der Waals surface area contributed by atoms with Gasteiger partial charge in [0.1, 0.15) is 23.2 Å². The molecule has 0 radical (unpaired) electrons. The van der Waals surface area contributed by atoms with Gasteiger partial charge < -0.3 is 10.5 Å². The maximum absolute atomic E-state index is 12.8. The van der Waals surface area contributed by atoms with Crippen molar-refractivity contribution in [3.05, 3.63) is 53.5 Å². The van der Waals surface area contributed by atoms with Gasteiger partial charge in [-0.05, 0) is 30.3 Å². The number of amides is 1. The molecule has 0 atom stereocenters. The molecule has 94 valence electrons. The molecule has 0 unspecified atom stereocenters. The number of carbonyl (C=O) groups is 1. The summed E-state index contributed by atoms with van der Waals surface area (Å²) in [4.78, 5) is 15.1. The Morgan fingerprint density at radius 2 is 2.05 bits per heavy atom. The molecule has 0 saturated carbocycles. The average molecular weight is 257 g/mol. The Labute approximate surface area is 108 Å². The largest absolute Gasteiger partial charge is 0.438 e. The second-order valence-corrected chi connectivity index (χ2v) is 3.61. The highest BCUT2D eigenvalue weighted by atomic mass is 19.1. The van der Waals surface area contributed by atoms with Crippen molar-refractivity contribution in [3.63, 3.8) is 0 Å². The molecule has 1 heterocycles. The summed E-state index contributed by atoms with van der Waals surface area (Å²) in [5.74, 6) is -0.892. The lowest BCUT2D eigenvalue weighted by Crippen LogP contribution is -2.13. The molecule has 1 aromatic carbocycles. The number of hydrogen-bond donors (Lipinski definition) is 1. The lowest BCUT2D eigenvalue weighted by Gasteiger charge is -2.07. The van der Waals surface area contributed by atoms with Crippen molar-refractivity contribution in [1.29, 1.82) is 5.26 Å². The fourth-order valence-electron chi connectivity index (χ4n) is 1.39. The zero-order valence-corrected chi connectivity index (χ0v) is 9.63. The number of nitrogens with two attached hydrogens (primary N) is 1. The zero-order chi connectivity index (χ0) is 13.8. The molecule has 0 aliphatic heterocycles. The number of nitriles is 1. The lowest BCUT2D eigenvalue weighted by atomic mass is 10.2. The maximum atomic E-state index is 12.8. The standard InChI is InChI=1S/C13H8FN3O2/c14-9-1-3-10(4-2-9)19-13-11(12(16)18)5-8(6-15)7-17-13/h1-5,7H,(H2,16,18). The fraction of sp³-hybridized carbons (Fsp3) is 0. The summed E-state index contributed by atoms with van der Waals surface area (Å²) in [6.07, 6.45) is 1.26. The molecule has 1 aromatic heterocycles.